The number of fused-ring (bicyclic) bond motifs is 1. The van der Waals surface area contributed by atoms with Gasteiger partial charge in [0, 0.05) is 22.9 Å². The molecular formula is C14H10N4O2S3. The van der Waals surface area contributed by atoms with Crippen LogP contribution in [0.15, 0.2) is 43.4 Å². The Balaban J connectivity index is 1.54. The largest absolute Gasteiger partial charge is 0.410 e. The molecule has 0 aliphatic rings. The van der Waals surface area contributed by atoms with E-state index in [-0.39, 0.29) is 5.56 Å². The molecule has 0 amide bonds. The zero-order valence-corrected chi connectivity index (χ0v) is 14.4. The molecule has 116 valence electrons. The van der Waals surface area contributed by atoms with Crippen molar-refractivity contribution in [2.45, 2.75) is 17.9 Å². The Hall–Kier alpha value is -1.97. The van der Waals surface area contributed by atoms with Gasteiger partial charge in [-0.3, -0.25) is 9.20 Å². The first kappa shape index (κ1) is 14.6. The van der Waals surface area contributed by atoms with Crippen molar-refractivity contribution in [2.75, 3.05) is 0 Å². The van der Waals surface area contributed by atoms with Gasteiger partial charge in [0.2, 0.25) is 0 Å². The summed E-state index contributed by atoms with van der Waals surface area (Å²) < 4.78 is 7.23. The number of thiophene rings is 1. The van der Waals surface area contributed by atoms with E-state index in [4.69, 9.17) is 4.42 Å². The van der Waals surface area contributed by atoms with Gasteiger partial charge in [0.05, 0.1) is 10.6 Å². The van der Waals surface area contributed by atoms with Crippen LogP contribution in [0.5, 0.6) is 0 Å². The monoisotopic (exact) mass is 362 g/mol. The summed E-state index contributed by atoms with van der Waals surface area (Å²) >= 11 is 4.38. The smallest absolute Gasteiger partial charge is 0.277 e. The second kappa shape index (κ2) is 5.91. The lowest BCUT2D eigenvalue weighted by atomic mass is 10.4. The molecular weight excluding hydrogens is 352 g/mol. The van der Waals surface area contributed by atoms with Crippen LogP contribution in [0, 0.1) is 6.92 Å². The normalized spacial score (nSPS) is 11.3. The van der Waals surface area contributed by atoms with E-state index in [0.717, 1.165) is 10.6 Å². The fourth-order valence-electron chi connectivity index (χ4n) is 2.08. The summed E-state index contributed by atoms with van der Waals surface area (Å²) in [7, 11) is 0. The van der Waals surface area contributed by atoms with Crippen molar-refractivity contribution >= 4 is 39.4 Å². The molecule has 4 heterocycles. The number of thiazole rings is 1. The zero-order valence-electron chi connectivity index (χ0n) is 11.9. The fraction of sp³-hybridized carbons (Fsp3) is 0.143. The predicted octanol–water partition coefficient (Wildman–Crippen LogP) is 3.47. The summed E-state index contributed by atoms with van der Waals surface area (Å²) in [5.41, 5.74) is 1.55. The van der Waals surface area contributed by atoms with E-state index in [1.165, 1.54) is 23.1 Å². The SMILES string of the molecule is Cc1csc2nc(CSc3nnc(-c4cccs4)o3)cc(=O)n12. The molecule has 4 aromatic heterocycles. The third-order valence-corrected chi connectivity index (χ3v) is 5.76. The van der Waals surface area contributed by atoms with Crippen LogP contribution in [0.25, 0.3) is 15.7 Å². The molecule has 0 aliphatic heterocycles. The number of aromatic nitrogens is 4. The van der Waals surface area contributed by atoms with E-state index in [2.05, 4.69) is 15.2 Å². The molecule has 9 heteroatoms. The van der Waals surface area contributed by atoms with Crippen LogP contribution < -0.4 is 5.56 Å². The summed E-state index contributed by atoms with van der Waals surface area (Å²) in [6, 6.07) is 5.42. The number of hydrogen-bond donors (Lipinski definition) is 0. The summed E-state index contributed by atoms with van der Waals surface area (Å²) in [6.07, 6.45) is 0. The minimum Gasteiger partial charge on any atom is -0.410 e. The van der Waals surface area contributed by atoms with Gasteiger partial charge in [-0.1, -0.05) is 17.8 Å². The molecule has 4 rings (SSSR count). The molecule has 0 radical (unpaired) electrons. The maximum absolute atomic E-state index is 12.1. The van der Waals surface area contributed by atoms with E-state index in [1.54, 1.807) is 21.8 Å². The van der Waals surface area contributed by atoms with E-state index < -0.39 is 0 Å². The Morgan fingerprint density at radius 1 is 1.35 bits per heavy atom. The summed E-state index contributed by atoms with van der Waals surface area (Å²) in [6.45, 7) is 1.89. The van der Waals surface area contributed by atoms with E-state index in [9.17, 15) is 4.79 Å². The van der Waals surface area contributed by atoms with Gasteiger partial charge in [0.25, 0.3) is 16.7 Å². The minimum absolute atomic E-state index is 0.0610. The Bertz CT molecular complexity index is 1020. The number of rotatable bonds is 4. The van der Waals surface area contributed by atoms with Crippen molar-refractivity contribution in [3.63, 3.8) is 0 Å². The summed E-state index contributed by atoms with van der Waals surface area (Å²) in [5, 5.41) is 12.4. The number of aryl methyl sites for hydroxylation is 1. The van der Waals surface area contributed by atoms with Gasteiger partial charge in [0.1, 0.15) is 0 Å². The Labute approximate surface area is 142 Å². The molecule has 4 aromatic rings. The van der Waals surface area contributed by atoms with Crippen molar-refractivity contribution in [3.05, 3.63) is 50.7 Å². The molecule has 0 aliphatic carbocycles. The van der Waals surface area contributed by atoms with Gasteiger partial charge in [-0.25, -0.2) is 4.98 Å². The first-order valence-corrected chi connectivity index (χ1v) is 9.42. The fourth-order valence-corrected chi connectivity index (χ4v) is 4.27. The van der Waals surface area contributed by atoms with Crippen molar-refractivity contribution in [2.24, 2.45) is 0 Å². The molecule has 0 unspecified atom stereocenters. The third kappa shape index (κ3) is 2.82. The Morgan fingerprint density at radius 2 is 2.26 bits per heavy atom. The van der Waals surface area contributed by atoms with E-state index in [0.29, 0.717) is 27.5 Å². The minimum atomic E-state index is -0.0610. The third-order valence-electron chi connectivity index (χ3n) is 3.11. The first-order chi connectivity index (χ1) is 11.2. The van der Waals surface area contributed by atoms with Gasteiger partial charge in [-0.05, 0) is 18.4 Å². The molecule has 0 saturated heterocycles. The van der Waals surface area contributed by atoms with Crippen molar-refractivity contribution < 1.29 is 4.42 Å². The van der Waals surface area contributed by atoms with Crippen LogP contribution in [0.1, 0.15) is 11.4 Å². The lowest BCUT2D eigenvalue weighted by Gasteiger charge is -1.99. The lowest BCUT2D eigenvalue weighted by molar-refractivity contribution is 0.466. The van der Waals surface area contributed by atoms with Crippen LogP contribution in [0.4, 0.5) is 0 Å². The summed E-state index contributed by atoms with van der Waals surface area (Å²) in [5.74, 6) is 1.02. The highest BCUT2D eigenvalue weighted by molar-refractivity contribution is 7.98. The molecule has 0 bridgehead atoms. The van der Waals surface area contributed by atoms with Crippen LogP contribution in [-0.2, 0) is 5.75 Å². The van der Waals surface area contributed by atoms with Crippen molar-refractivity contribution in [1.29, 1.82) is 0 Å². The van der Waals surface area contributed by atoms with Crippen molar-refractivity contribution in [3.8, 4) is 10.8 Å². The molecule has 6 nitrogen and oxygen atoms in total. The van der Waals surface area contributed by atoms with E-state index >= 15 is 0 Å². The second-order valence-electron chi connectivity index (χ2n) is 4.72. The van der Waals surface area contributed by atoms with E-state index in [1.807, 2.05) is 29.8 Å². The summed E-state index contributed by atoms with van der Waals surface area (Å²) in [4.78, 5) is 18.3. The van der Waals surface area contributed by atoms with Crippen LogP contribution >= 0.6 is 34.4 Å². The van der Waals surface area contributed by atoms with Crippen LogP contribution in [0.2, 0.25) is 0 Å². The standard InChI is InChI=1S/C14H10N4O2S3/c1-8-6-22-13-15-9(5-11(19)18(8)13)7-23-14-17-16-12(20-14)10-3-2-4-21-10/h2-6H,7H2,1H3. The molecule has 0 N–H and O–H groups in total. The lowest BCUT2D eigenvalue weighted by Crippen LogP contribution is -2.14. The van der Waals surface area contributed by atoms with Gasteiger partial charge in [0.15, 0.2) is 4.96 Å². The van der Waals surface area contributed by atoms with Gasteiger partial charge >= 0.3 is 0 Å². The molecule has 0 spiro atoms. The molecule has 0 aromatic carbocycles. The average molecular weight is 362 g/mol. The van der Waals surface area contributed by atoms with Gasteiger partial charge < -0.3 is 4.42 Å². The highest BCUT2D eigenvalue weighted by atomic mass is 32.2. The Kier molecular flexibility index (Phi) is 3.76. The van der Waals surface area contributed by atoms with Crippen LogP contribution in [0.3, 0.4) is 0 Å². The zero-order chi connectivity index (χ0) is 15.8. The Morgan fingerprint density at radius 3 is 3.09 bits per heavy atom. The quantitative estimate of drug-likeness (QED) is 0.518. The number of nitrogens with zero attached hydrogens (tertiary/aromatic N) is 4. The van der Waals surface area contributed by atoms with Gasteiger partial charge in [-0.2, -0.15) is 0 Å². The number of thioether (sulfide) groups is 1. The molecule has 0 atom stereocenters. The molecule has 0 fully saturated rings. The second-order valence-corrected chi connectivity index (χ2v) is 7.43. The van der Waals surface area contributed by atoms with Crippen LogP contribution in [-0.4, -0.2) is 19.6 Å². The topological polar surface area (TPSA) is 73.3 Å². The average Bonchev–Trinajstić information content (AvgIpc) is 3.25. The van der Waals surface area contributed by atoms with Crippen molar-refractivity contribution in [1.82, 2.24) is 19.6 Å². The highest BCUT2D eigenvalue weighted by Crippen LogP contribution is 2.27. The predicted molar refractivity (Wildman–Crippen MR) is 91.2 cm³/mol. The maximum atomic E-state index is 12.1. The molecule has 0 saturated carbocycles. The first-order valence-electron chi connectivity index (χ1n) is 6.67. The maximum Gasteiger partial charge on any atom is 0.277 e. The van der Waals surface area contributed by atoms with Gasteiger partial charge in [-0.15, -0.1) is 32.9 Å². The molecule has 23 heavy (non-hydrogen) atoms. The number of hydrogen-bond acceptors (Lipinski definition) is 8. The highest BCUT2D eigenvalue weighted by Gasteiger charge is 2.11.